The largest absolute Gasteiger partial charge is 0.508 e. The topological polar surface area (TPSA) is 167 Å². The summed E-state index contributed by atoms with van der Waals surface area (Å²) in [6.07, 6.45) is 9.60. The summed E-state index contributed by atoms with van der Waals surface area (Å²) in [6.45, 7) is 12.3. The molecular formula is C48H57N7O7Si. The number of nitrogens with zero attached hydrogens (tertiary/aromatic N) is 6. The lowest BCUT2D eigenvalue weighted by molar-refractivity contribution is -0.0539. The predicted molar refractivity (Wildman–Crippen MR) is 244 cm³/mol. The summed E-state index contributed by atoms with van der Waals surface area (Å²) in [7, 11) is -3.01. The van der Waals surface area contributed by atoms with E-state index in [-0.39, 0.29) is 30.5 Å². The van der Waals surface area contributed by atoms with Gasteiger partial charge in [-0.05, 0) is 58.8 Å². The first-order valence-corrected chi connectivity index (χ1v) is 23.3. The number of anilines is 1. The van der Waals surface area contributed by atoms with E-state index in [2.05, 4.69) is 77.4 Å². The van der Waals surface area contributed by atoms with Crippen LogP contribution in [0.4, 0.5) is 15.4 Å². The summed E-state index contributed by atoms with van der Waals surface area (Å²) < 4.78 is 27.8. The molecule has 3 aromatic carbocycles. The van der Waals surface area contributed by atoms with Crippen molar-refractivity contribution in [3.05, 3.63) is 121 Å². The summed E-state index contributed by atoms with van der Waals surface area (Å²) in [5.74, 6) is 2.90. The standard InChI is InChI=1S/C48H57N7O7Si/c1-6-24-48(25-14-15-26-55(48)45(56)57)32-53(30-36-22-20-35(7-2)21-23-36)27-28-59-46(58)62-39-29-41(54-34-52-42-43(49)50-33-51-44(42)54)61-40(39)31-60-63(47(3,4)5,37-16-10-8-11-17-37)38-18-12-9-13-19-38/h2,6,8-13,16-23,33-34,39-41H,1,14-15,24-32H2,3-5H3,(H,56,57)(H2,49,50,51)/t39-,40+,41+,48?/m0/s1. The third-order valence-electron chi connectivity index (χ3n) is 12.3. The number of terminal acetylenes is 1. The van der Waals surface area contributed by atoms with Crippen LogP contribution in [0, 0.1) is 12.3 Å². The summed E-state index contributed by atoms with van der Waals surface area (Å²) in [5.41, 5.74) is 8.13. The van der Waals surface area contributed by atoms with Crippen LogP contribution in [0.2, 0.25) is 5.04 Å². The maximum Gasteiger partial charge on any atom is 0.508 e. The van der Waals surface area contributed by atoms with Gasteiger partial charge in [0.2, 0.25) is 0 Å². The summed E-state index contributed by atoms with van der Waals surface area (Å²) >= 11 is 0. The Morgan fingerprint density at radius 2 is 1.75 bits per heavy atom. The summed E-state index contributed by atoms with van der Waals surface area (Å²) in [4.78, 5) is 43.0. The minimum atomic E-state index is -3.01. The molecule has 0 bridgehead atoms. The van der Waals surface area contributed by atoms with E-state index >= 15 is 0 Å². The fraction of sp³-hybridized carbons (Fsp3) is 0.396. The molecule has 2 aromatic heterocycles. The zero-order valence-corrected chi connectivity index (χ0v) is 37.3. The number of rotatable bonds is 16. The van der Waals surface area contributed by atoms with E-state index < -0.39 is 44.5 Å². The second-order valence-corrected chi connectivity index (χ2v) is 21.6. The third-order valence-corrected chi connectivity index (χ3v) is 17.3. The van der Waals surface area contributed by atoms with Gasteiger partial charge in [-0.2, -0.15) is 0 Å². The molecule has 63 heavy (non-hydrogen) atoms. The number of piperidine rings is 1. The van der Waals surface area contributed by atoms with Crippen molar-refractivity contribution in [1.29, 1.82) is 0 Å². The zero-order valence-electron chi connectivity index (χ0n) is 36.3. The van der Waals surface area contributed by atoms with Gasteiger partial charge in [-0.25, -0.2) is 24.5 Å². The Kier molecular flexibility index (Phi) is 14.0. The average Bonchev–Trinajstić information content (AvgIpc) is 3.89. The van der Waals surface area contributed by atoms with Crippen molar-refractivity contribution >= 4 is 47.9 Å². The first-order chi connectivity index (χ1) is 30.4. The van der Waals surface area contributed by atoms with E-state index in [0.717, 1.165) is 34.3 Å². The van der Waals surface area contributed by atoms with E-state index in [4.69, 9.17) is 30.8 Å². The minimum Gasteiger partial charge on any atom is -0.465 e. The highest BCUT2D eigenvalue weighted by Crippen LogP contribution is 2.39. The lowest BCUT2D eigenvalue weighted by Gasteiger charge is -2.48. The number of fused-ring (bicyclic) bond motifs is 1. The van der Waals surface area contributed by atoms with Crippen LogP contribution >= 0.6 is 0 Å². The number of amides is 1. The van der Waals surface area contributed by atoms with Crippen LogP contribution in [0.15, 0.2) is 110 Å². The molecule has 14 nitrogen and oxygen atoms in total. The quantitative estimate of drug-likeness (QED) is 0.0464. The van der Waals surface area contributed by atoms with Crippen LogP contribution in [-0.2, 0) is 25.2 Å². The number of benzene rings is 3. The van der Waals surface area contributed by atoms with Crippen LogP contribution in [0.5, 0.6) is 0 Å². The third kappa shape index (κ3) is 9.79. The molecule has 0 aliphatic carbocycles. The number of carboxylic acid groups (broad SMARTS) is 1. The molecule has 1 amide bonds. The first-order valence-electron chi connectivity index (χ1n) is 21.4. The normalized spacial score (nSPS) is 20.4. The molecule has 2 saturated heterocycles. The number of nitrogens with two attached hydrogens (primary N) is 1. The van der Waals surface area contributed by atoms with Gasteiger partial charge in [0.1, 0.15) is 36.9 Å². The molecule has 330 valence electrons. The SMILES string of the molecule is C#Cc1ccc(CN(CCOC(=O)O[C@H]2C[C@H](n3cnc4c(N)ncnc43)O[C@@H]2CO[Si](c2ccccc2)(c2ccccc2)C(C)(C)C)CC2(CC=C)CCCCN2C(=O)O)cc1. The van der Waals surface area contributed by atoms with Crippen molar-refractivity contribution in [3.63, 3.8) is 0 Å². The fourth-order valence-corrected chi connectivity index (χ4v) is 13.9. The minimum absolute atomic E-state index is 0.0128. The van der Waals surface area contributed by atoms with Gasteiger partial charge in [-0.1, -0.05) is 106 Å². The van der Waals surface area contributed by atoms with Crippen molar-refractivity contribution in [3.8, 4) is 12.3 Å². The molecule has 4 atom stereocenters. The second kappa shape index (κ2) is 19.6. The van der Waals surface area contributed by atoms with Gasteiger partial charge in [0.25, 0.3) is 8.32 Å². The second-order valence-electron chi connectivity index (χ2n) is 17.3. The van der Waals surface area contributed by atoms with Crippen molar-refractivity contribution < 1.29 is 33.3 Å². The maximum absolute atomic E-state index is 13.8. The molecule has 3 N–H and O–H groups in total. The van der Waals surface area contributed by atoms with Crippen LogP contribution in [-0.4, -0.2) is 106 Å². The van der Waals surface area contributed by atoms with Gasteiger partial charge < -0.3 is 34.4 Å². The van der Waals surface area contributed by atoms with Gasteiger partial charge in [0.15, 0.2) is 11.5 Å². The van der Waals surface area contributed by atoms with Crippen LogP contribution in [0.3, 0.4) is 0 Å². The Hall–Kier alpha value is -6.05. The maximum atomic E-state index is 13.8. The van der Waals surface area contributed by atoms with E-state index in [1.165, 1.54) is 6.33 Å². The Balaban J connectivity index is 1.12. The van der Waals surface area contributed by atoms with Crippen molar-refractivity contribution in [2.75, 3.05) is 38.6 Å². The molecule has 2 aliphatic heterocycles. The lowest BCUT2D eigenvalue weighted by atomic mass is 9.83. The monoisotopic (exact) mass is 871 g/mol. The van der Waals surface area contributed by atoms with E-state index in [0.29, 0.717) is 50.2 Å². The molecule has 2 fully saturated rings. The smallest absolute Gasteiger partial charge is 0.465 e. The molecule has 1 unspecified atom stereocenters. The highest BCUT2D eigenvalue weighted by molar-refractivity contribution is 6.99. The van der Waals surface area contributed by atoms with E-state index in [1.807, 2.05) is 60.7 Å². The number of likely N-dealkylation sites (tertiary alicyclic amines) is 1. The summed E-state index contributed by atoms with van der Waals surface area (Å²) in [6, 6.07) is 28.3. The Morgan fingerprint density at radius 1 is 1.05 bits per heavy atom. The lowest BCUT2D eigenvalue weighted by Crippen LogP contribution is -2.67. The molecule has 5 aromatic rings. The van der Waals surface area contributed by atoms with Crippen molar-refractivity contribution in [2.24, 2.45) is 0 Å². The van der Waals surface area contributed by atoms with Crippen LogP contribution in [0.1, 0.15) is 70.2 Å². The van der Waals surface area contributed by atoms with E-state index in [9.17, 15) is 14.7 Å². The fourth-order valence-electron chi connectivity index (χ4n) is 9.31. The Morgan fingerprint density at radius 3 is 2.38 bits per heavy atom. The van der Waals surface area contributed by atoms with Crippen molar-refractivity contribution in [2.45, 2.75) is 88.4 Å². The number of hydrogen-bond acceptors (Lipinski definition) is 11. The number of ether oxygens (including phenoxy) is 3. The zero-order chi connectivity index (χ0) is 44.6. The number of aromatic nitrogens is 4. The van der Waals surface area contributed by atoms with Gasteiger partial charge in [0, 0.05) is 38.2 Å². The first kappa shape index (κ1) is 45.0. The van der Waals surface area contributed by atoms with Gasteiger partial charge in [0.05, 0.1) is 18.5 Å². The van der Waals surface area contributed by atoms with Crippen LogP contribution in [0.25, 0.3) is 11.2 Å². The highest BCUT2D eigenvalue weighted by Gasteiger charge is 2.52. The predicted octanol–water partition coefficient (Wildman–Crippen LogP) is 6.76. The number of hydrogen-bond donors (Lipinski definition) is 2. The number of carbonyl (C=O) groups excluding carboxylic acids is 1. The molecular weight excluding hydrogens is 815 g/mol. The molecule has 2 aliphatic rings. The van der Waals surface area contributed by atoms with Gasteiger partial charge in [-0.3, -0.25) is 9.47 Å². The van der Waals surface area contributed by atoms with Crippen LogP contribution < -0.4 is 16.1 Å². The molecule has 0 radical (unpaired) electrons. The molecule has 15 heteroatoms. The number of carbonyl (C=O) groups is 2. The number of nitrogen functional groups attached to an aromatic ring is 1. The van der Waals surface area contributed by atoms with Crippen molar-refractivity contribution in [1.82, 2.24) is 29.3 Å². The average molecular weight is 872 g/mol. The molecule has 0 saturated carbocycles. The van der Waals surface area contributed by atoms with Gasteiger partial charge >= 0.3 is 12.2 Å². The molecule has 4 heterocycles. The Labute approximate surface area is 370 Å². The summed E-state index contributed by atoms with van der Waals surface area (Å²) in [5, 5.41) is 12.2. The Bertz CT molecular complexity index is 2350. The highest BCUT2D eigenvalue weighted by atomic mass is 28.4. The molecule has 0 spiro atoms. The molecule has 7 rings (SSSR count). The van der Waals surface area contributed by atoms with Gasteiger partial charge in [-0.15, -0.1) is 13.0 Å². The van der Waals surface area contributed by atoms with E-state index in [1.54, 1.807) is 21.9 Å². The number of imidazole rings is 1.